The molecule has 0 unspecified atom stereocenters. The number of hydrogen-bond donors (Lipinski definition) is 0. The number of benzene rings is 1. The molecule has 0 radical (unpaired) electrons. The summed E-state index contributed by atoms with van der Waals surface area (Å²) in [5, 5.41) is 0. The molecule has 0 atom stereocenters. The van der Waals surface area contributed by atoms with Crippen LogP contribution < -0.4 is 17.0 Å². The van der Waals surface area contributed by atoms with Gasteiger partial charge in [-0.3, -0.25) is 9.48 Å². The van der Waals surface area contributed by atoms with Crippen LogP contribution in [0.5, 0.6) is 0 Å². The van der Waals surface area contributed by atoms with Crippen LogP contribution in [0.25, 0.3) is 0 Å². The zero-order valence-electron chi connectivity index (χ0n) is 14.8. The molecular weight excluding hydrogens is 340 g/mol. The normalized spacial score (nSPS) is 14.1. The molecule has 22 heavy (non-hydrogen) atoms. The van der Waals surface area contributed by atoms with Crippen molar-refractivity contribution in [3.8, 4) is 0 Å². The lowest BCUT2D eigenvalue weighted by Gasteiger charge is -2.18. The zero-order chi connectivity index (χ0) is 15.6. The van der Waals surface area contributed by atoms with Crippen molar-refractivity contribution in [1.29, 1.82) is 0 Å². The van der Waals surface area contributed by atoms with E-state index < -0.39 is 0 Å². The SMILES string of the molecule is COCCN1C=[N+](Cc2c(C)c(C)c(C)c(C)c2C)CC1.[Br-]. The lowest BCUT2D eigenvalue weighted by molar-refractivity contribution is -0.530. The molecule has 0 fully saturated rings. The van der Waals surface area contributed by atoms with Crippen LogP contribution in [0.3, 0.4) is 0 Å². The molecule has 2 rings (SSSR count). The average molecular weight is 369 g/mol. The summed E-state index contributed by atoms with van der Waals surface area (Å²) in [5.41, 5.74) is 8.76. The van der Waals surface area contributed by atoms with E-state index in [1.165, 1.54) is 33.4 Å². The molecule has 1 aromatic carbocycles. The van der Waals surface area contributed by atoms with Crippen molar-refractivity contribution in [3.05, 3.63) is 33.4 Å². The molecular formula is C18H29BrN2O. The second-order valence-electron chi connectivity index (χ2n) is 6.22. The van der Waals surface area contributed by atoms with Crippen molar-refractivity contribution in [2.24, 2.45) is 0 Å². The van der Waals surface area contributed by atoms with Gasteiger partial charge in [0.2, 0.25) is 6.34 Å². The van der Waals surface area contributed by atoms with Crippen LogP contribution in [0.4, 0.5) is 0 Å². The molecule has 0 saturated carbocycles. The average Bonchev–Trinajstić information content (AvgIpc) is 2.93. The summed E-state index contributed by atoms with van der Waals surface area (Å²) in [6.07, 6.45) is 2.27. The first kappa shape index (κ1) is 19.2. The first-order chi connectivity index (χ1) is 9.95. The second-order valence-corrected chi connectivity index (χ2v) is 6.22. The van der Waals surface area contributed by atoms with E-state index in [-0.39, 0.29) is 17.0 Å². The van der Waals surface area contributed by atoms with E-state index >= 15 is 0 Å². The van der Waals surface area contributed by atoms with Gasteiger partial charge in [-0.05, 0) is 68.0 Å². The molecule has 3 nitrogen and oxygen atoms in total. The number of halogens is 1. The van der Waals surface area contributed by atoms with Crippen LogP contribution in [-0.4, -0.2) is 49.2 Å². The molecule has 0 amide bonds. The quantitative estimate of drug-likeness (QED) is 0.665. The van der Waals surface area contributed by atoms with Crippen LogP contribution >= 0.6 is 0 Å². The Labute approximate surface area is 145 Å². The highest BCUT2D eigenvalue weighted by molar-refractivity contribution is 5.52. The van der Waals surface area contributed by atoms with Crippen molar-refractivity contribution >= 4 is 6.34 Å². The molecule has 0 aliphatic carbocycles. The van der Waals surface area contributed by atoms with E-state index in [9.17, 15) is 0 Å². The molecule has 1 aliphatic rings. The molecule has 4 heteroatoms. The number of methoxy groups -OCH3 is 1. The summed E-state index contributed by atoms with van der Waals surface area (Å²) in [6, 6.07) is 0. The minimum atomic E-state index is 0. The van der Waals surface area contributed by atoms with Gasteiger partial charge < -0.3 is 21.7 Å². The lowest BCUT2D eigenvalue weighted by atomic mass is 9.89. The minimum Gasteiger partial charge on any atom is -1.00 e. The summed E-state index contributed by atoms with van der Waals surface area (Å²) in [4.78, 5) is 2.35. The highest BCUT2D eigenvalue weighted by Gasteiger charge is 2.21. The summed E-state index contributed by atoms with van der Waals surface area (Å²) in [7, 11) is 1.76. The molecule has 0 aromatic heterocycles. The Morgan fingerprint density at radius 2 is 1.55 bits per heavy atom. The first-order valence-corrected chi connectivity index (χ1v) is 7.83. The standard InChI is InChI=1S/C18H29N2O.BrH/c1-13-14(2)16(4)18(17(5)15(13)3)11-20-8-7-19(12-20)9-10-21-6;/h12H,7-11H2,1-6H3;1H/q+1;/p-1. The van der Waals surface area contributed by atoms with E-state index in [1.807, 2.05) is 0 Å². The van der Waals surface area contributed by atoms with Crippen molar-refractivity contribution in [3.63, 3.8) is 0 Å². The van der Waals surface area contributed by atoms with Gasteiger partial charge in [0.15, 0.2) is 0 Å². The van der Waals surface area contributed by atoms with Gasteiger partial charge >= 0.3 is 0 Å². The fourth-order valence-corrected chi connectivity index (χ4v) is 3.12. The van der Waals surface area contributed by atoms with E-state index in [0.717, 1.165) is 32.8 Å². The van der Waals surface area contributed by atoms with Gasteiger partial charge in [0, 0.05) is 7.11 Å². The molecule has 1 aromatic rings. The highest BCUT2D eigenvalue weighted by Crippen LogP contribution is 2.26. The monoisotopic (exact) mass is 368 g/mol. The maximum atomic E-state index is 5.16. The van der Waals surface area contributed by atoms with Crippen molar-refractivity contribution < 1.29 is 26.3 Å². The number of ether oxygens (including phenoxy) is 1. The maximum absolute atomic E-state index is 5.16. The van der Waals surface area contributed by atoms with E-state index in [4.69, 9.17) is 4.74 Å². The summed E-state index contributed by atoms with van der Waals surface area (Å²) in [6.45, 7) is 16.3. The van der Waals surface area contributed by atoms with Crippen LogP contribution in [0, 0.1) is 34.6 Å². The molecule has 124 valence electrons. The second kappa shape index (κ2) is 8.11. The van der Waals surface area contributed by atoms with E-state index in [2.05, 4.69) is 50.4 Å². The smallest absolute Gasteiger partial charge is 0.234 e. The topological polar surface area (TPSA) is 15.5 Å². The van der Waals surface area contributed by atoms with E-state index in [1.54, 1.807) is 7.11 Å². The van der Waals surface area contributed by atoms with Gasteiger partial charge in [-0.15, -0.1) is 0 Å². The Morgan fingerprint density at radius 3 is 2.09 bits per heavy atom. The van der Waals surface area contributed by atoms with Crippen LogP contribution in [0.15, 0.2) is 0 Å². The first-order valence-electron chi connectivity index (χ1n) is 7.83. The van der Waals surface area contributed by atoms with Crippen LogP contribution in [0.2, 0.25) is 0 Å². The van der Waals surface area contributed by atoms with E-state index in [0.29, 0.717) is 0 Å². The largest absolute Gasteiger partial charge is 1.00 e. The molecule has 0 bridgehead atoms. The van der Waals surface area contributed by atoms with Crippen molar-refractivity contribution in [2.45, 2.75) is 41.2 Å². The highest BCUT2D eigenvalue weighted by atomic mass is 79.9. The Hall–Kier alpha value is -0.870. The van der Waals surface area contributed by atoms with Gasteiger partial charge in [-0.2, -0.15) is 0 Å². The van der Waals surface area contributed by atoms with Gasteiger partial charge in [-0.1, -0.05) is 0 Å². The molecule has 0 N–H and O–H groups in total. The Balaban J connectivity index is 0.00000242. The Kier molecular flexibility index (Phi) is 7.07. The lowest BCUT2D eigenvalue weighted by Crippen LogP contribution is -3.00. The number of rotatable bonds is 5. The Morgan fingerprint density at radius 1 is 1.00 bits per heavy atom. The molecule has 0 spiro atoms. The van der Waals surface area contributed by atoms with Gasteiger partial charge in [0.1, 0.15) is 26.2 Å². The summed E-state index contributed by atoms with van der Waals surface area (Å²) >= 11 is 0. The fraction of sp³-hybridized carbons (Fsp3) is 0.611. The van der Waals surface area contributed by atoms with Crippen molar-refractivity contribution in [1.82, 2.24) is 4.90 Å². The molecule has 1 heterocycles. The fourth-order valence-electron chi connectivity index (χ4n) is 3.12. The number of nitrogens with zero attached hydrogens (tertiary/aromatic N) is 2. The molecule has 0 saturated heterocycles. The maximum Gasteiger partial charge on any atom is 0.234 e. The van der Waals surface area contributed by atoms with Gasteiger partial charge in [0.25, 0.3) is 0 Å². The predicted octanol–water partition coefficient (Wildman–Crippen LogP) is -0.264. The summed E-state index contributed by atoms with van der Waals surface area (Å²) in [5.74, 6) is 0. The van der Waals surface area contributed by atoms with Crippen molar-refractivity contribution in [2.75, 3.05) is 33.4 Å². The van der Waals surface area contributed by atoms with Gasteiger partial charge in [-0.25, -0.2) is 0 Å². The minimum absolute atomic E-state index is 0. The molecule has 1 aliphatic heterocycles. The third kappa shape index (κ3) is 3.90. The Bertz CT molecular complexity index is 538. The van der Waals surface area contributed by atoms with Gasteiger partial charge in [0.05, 0.1) is 6.61 Å². The zero-order valence-corrected chi connectivity index (χ0v) is 16.4. The number of hydrogen-bond acceptors (Lipinski definition) is 2. The van der Waals surface area contributed by atoms with Crippen LogP contribution in [-0.2, 0) is 11.3 Å². The third-order valence-electron chi connectivity index (χ3n) is 5.10. The predicted molar refractivity (Wildman–Crippen MR) is 88.5 cm³/mol. The summed E-state index contributed by atoms with van der Waals surface area (Å²) < 4.78 is 7.59. The third-order valence-corrected chi connectivity index (χ3v) is 5.10. The van der Waals surface area contributed by atoms with Crippen LogP contribution in [0.1, 0.15) is 33.4 Å².